The number of urea groups is 1. The van der Waals surface area contributed by atoms with Crippen LogP contribution in [0, 0.1) is 0 Å². The number of carbonyl (C=O) groups excluding carboxylic acids is 3. The van der Waals surface area contributed by atoms with Gasteiger partial charge < -0.3 is 10.6 Å². The summed E-state index contributed by atoms with van der Waals surface area (Å²) in [7, 11) is 0. The number of benzene rings is 3. The van der Waals surface area contributed by atoms with Gasteiger partial charge in [-0.2, -0.15) is 0 Å². The summed E-state index contributed by atoms with van der Waals surface area (Å²) in [6, 6.07) is 21.3. The number of anilines is 1. The highest BCUT2D eigenvalue weighted by atomic mass is 35.5. The molecule has 2 N–H and O–H groups in total. The molecule has 0 bridgehead atoms. The highest BCUT2D eigenvalue weighted by molar-refractivity contribution is 6.35. The molecule has 0 radical (unpaired) electrons. The van der Waals surface area contributed by atoms with Gasteiger partial charge in [-0.15, -0.1) is 0 Å². The number of para-hydroxylation sites is 1. The topological polar surface area (TPSA) is 78.5 Å². The van der Waals surface area contributed by atoms with Crippen molar-refractivity contribution in [3.63, 3.8) is 0 Å². The van der Waals surface area contributed by atoms with Gasteiger partial charge in [0.25, 0.3) is 5.91 Å². The van der Waals surface area contributed by atoms with E-state index in [9.17, 15) is 14.4 Å². The van der Waals surface area contributed by atoms with Crippen molar-refractivity contribution < 1.29 is 14.4 Å². The summed E-state index contributed by atoms with van der Waals surface area (Å²) >= 11 is 12.2. The molecule has 1 heterocycles. The van der Waals surface area contributed by atoms with E-state index in [-0.39, 0.29) is 5.02 Å². The second-order valence-electron chi connectivity index (χ2n) is 7.94. The molecule has 1 saturated heterocycles. The van der Waals surface area contributed by atoms with Crippen LogP contribution in [0.2, 0.25) is 10.0 Å². The first-order valence-electron chi connectivity index (χ1n) is 10.3. The third-order valence-electron chi connectivity index (χ3n) is 5.58. The van der Waals surface area contributed by atoms with Crippen LogP contribution in [-0.4, -0.2) is 29.3 Å². The smallest absolute Gasteiger partial charge is 0.324 e. The molecular formula is C25H21Cl2N3O3. The Balaban J connectivity index is 1.49. The van der Waals surface area contributed by atoms with Crippen LogP contribution >= 0.6 is 23.2 Å². The lowest BCUT2D eigenvalue weighted by Crippen LogP contribution is -2.42. The maximum absolute atomic E-state index is 13.1. The molecule has 0 unspecified atom stereocenters. The minimum atomic E-state index is -1.40. The first-order chi connectivity index (χ1) is 15.8. The fourth-order valence-electron chi connectivity index (χ4n) is 3.86. The predicted octanol–water partition coefficient (Wildman–Crippen LogP) is 4.99. The molecule has 0 saturated carbocycles. The van der Waals surface area contributed by atoms with Crippen molar-refractivity contribution in [3.05, 3.63) is 99.5 Å². The van der Waals surface area contributed by atoms with Crippen molar-refractivity contribution in [1.82, 2.24) is 10.2 Å². The maximum atomic E-state index is 13.1. The molecule has 1 aliphatic heterocycles. The van der Waals surface area contributed by atoms with Crippen molar-refractivity contribution in [3.8, 4) is 0 Å². The Hall–Kier alpha value is -3.35. The molecule has 0 spiro atoms. The normalized spacial score (nSPS) is 17.7. The lowest BCUT2D eigenvalue weighted by molar-refractivity contribution is -0.133. The molecule has 1 atom stereocenters. The van der Waals surface area contributed by atoms with Gasteiger partial charge in [0.15, 0.2) is 0 Å². The van der Waals surface area contributed by atoms with Gasteiger partial charge in [-0.1, -0.05) is 77.8 Å². The van der Waals surface area contributed by atoms with Crippen LogP contribution in [0.4, 0.5) is 10.5 Å². The van der Waals surface area contributed by atoms with Gasteiger partial charge in [0.2, 0.25) is 5.91 Å². The summed E-state index contributed by atoms with van der Waals surface area (Å²) in [6.07, 6.45) is 0.633. The fraction of sp³-hybridized carbons (Fsp3) is 0.160. The van der Waals surface area contributed by atoms with Gasteiger partial charge in [0, 0.05) is 21.3 Å². The van der Waals surface area contributed by atoms with Gasteiger partial charge in [0.1, 0.15) is 12.1 Å². The molecule has 168 valence electrons. The van der Waals surface area contributed by atoms with E-state index in [2.05, 4.69) is 10.6 Å². The number of rotatable bonds is 6. The van der Waals surface area contributed by atoms with E-state index < -0.39 is 29.9 Å². The van der Waals surface area contributed by atoms with Crippen LogP contribution in [0.5, 0.6) is 0 Å². The molecule has 4 rings (SSSR count). The Morgan fingerprint density at radius 3 is 2.42 bits per heavy atom. The van der Waals surface area contributed by atoms with Crippen molar-refractivity contribution in [2.24, 2.45) is 0 Å². The van der Waals surface area contributed by atoms with E-state index >= 15 is 0 Å². The molecule has 3 aromatic rings. The Kier molecular flexibility index (Phi) is 6.40. The van der Waals surface area contributed by atoms with Gasteiger partial charge in [-0.3, -0.25) is 14.5 Å². The summed E-state index contributed by atoms with van der Waals surface area (Å²) in [6.45, 7) is 1.13. The molecule has 33 heavy (non-hydrogen) atoms. The largest absolute Gasteiger partial charge is 0.325 e. The van der Waals surface area contributed by atoms with Crippen molar-refractivity contribution >= 4 is 46.7 Å². The number of halogens is 2. The van der Waals surface area contributed by atoms with Crippen LogP contribution in [0.25, 0.3) is 0 Å². The Bertz CT molecular complexity index is 1230. The standard InChI is InChI=1S/C25H21Cl2N3O3/c1-25(19-12-11-18(26)14-20(19)27)23(32)30(24(33)29-25)15-22(31)28-21-10-6-5-9-17(21)13-16-7-3-2-4-8-16/h2-12,14H,13,15H2,1H3,(H,28,31)(H,29,33)/t25-/m1/s1. The van der Waals surface area contributed by atoms with Crippen molar-refractivity contribution in [2.45, 2.75) is 18.9 Å². The van der Waals surface area contributed by atoms with E-state index in [1.54, 1.807) is 25.1 Å². The van der Waals surface area contributed by atoms with Crippen molar-refractivity contribution in [1.29, 1.82) is 0 Å². The quantitative estimate of drug-likeness (QED) is 0.486. The predicted molar refractivity (Wildman–Crippen MR) is 128 cm³/mol. The summed E-state index contributed by atoms with van der Waals surface area (Å²) in [5, 5.41) is 6.14. The van der Waals surface area contributed by atoms with Gasteiger partial charge in [0.05, 0.1) is 0 Å². The first-order valence-corrected chi connectivity index (χ1v) is 11.0. The third kappa shape index (κ3) is 4.72. The molecule has 0 aliphatic carbocycles. The monoisotopic (exact) mass is 481 g/mol. The average Bonchev–Trinajstić information content (AvgIpc) is 2.99. The third-order valence-corrected chi connectivity index (χ3v) is 6.12. The van der Waals surface area contributed by atoms with E-state index in [1.807, 2.05) is 48.5 Å². The summed E-state index contributed by atoms with van der Waals surface area (Å²) in [4.78, 5) is 39.4. The van der Waals surface area contributed by atoms with Crippen LogP contribution < -0.4 is 10.6 Å². The zero-order valence-corrected chi connectivity index (χ0v) is 19.3. The number of hydrogen-bond donors (Lipinski definition) is 2. The highest BCUT2D eigenvalue weighted by Gasteiger charge is 2.50. The average molecular weight is 482 g/mol. The number of hydrogen-bond acceptors (Lipinski definition) is 3. The molecule has 8 heteroatoms. The van der Waals surface area contributed by atoms with Crippen LogP contribution in [0.1, 0.15) is 23.6 Å². The number of imide groups is 1. The molecule has 6 nitrogen and oxygen atoms in total. The van der Waals surface area contributed by atoms with E-state index in [0.717, 1.165) is 16.0 Å². The molecule has 0 aromatic heterocycles. The SMILES string of the molecule is C[C@]1(c2ccc(Cl)cc2Cl)NC(=O)N(CC(=O)Nc2ccccc2Cc2ccccc2)C1=O. The maximum Gasteiger partial charge on any atom is 0.325 e. The Morgan fingerprint density at radius 2 is 1.70 bits per heavy atom. The van der Waals surface area contributed by atoms with Crippen LogP contribution in [0.3, 0.4) is 0 Å². The van der Waals surface area contributed by atoms with Crippen LogP contribution in [0.15, 0.2) is 72.8 Å². The molecular weight excluding hydrogens is 461 g/mol. The minimum absolute atomic E-state index is 0.250. The second-order valence-corrected chi connectivity index (χ2v) is 8.78. The zero-order chi connectivity index (χ0) is 23.6. The summed E-state index contributed by atoms with van der Waals surface area (Å²) in [5.74, 6) is -1.05. The second kappa shape index (κ2) is 9.25. The van der Waals surface area contributed by atoms with E-state index in [1.165, 1.54) is 6.07 Å². The van der Waals surface area contributed by atoms with Gasteiger partial charge >= 0.3 is 6.03 Å². The number of nitrogens with one attached hydrogen (secondary N) is 2. The Morgan fingerprint density at radius 1 is 1.00 bits per heavy atom. The van der Waals surface area contributed by atoms with Crippen molar-refractivity contribution in [2.75, 3.05) is 11.9 Å². The van der Waals surface area contributed by atoms with Gasteiger partial charge in [-0.05, 0) is 42.7 Å². The molecule has 3 aromatic carbocycles. The number of nitrogens with zero attached hydrogens (tertiary/aromatic N) is 1. The van der Waals surface area contributed by atoms with E-state index in [4.69, 9.17) is 23.2 Å². The summed E-state index contributed by atoms with van der Waals surface area (Å²) < 4.78 is 0. The first kappa shape index (κ1) is 22.8. The number of amides is 4. The Labute approximate surface area is 201 Å². The lowest BCUT2D eigenvalue weighted by Gasteiger charge is -2.23. The zero-order valence-electron chi connectivity index (χ0n) is 17.8. The summed E-state index contributed by atoms with van der Waals surface area (Å²) in [5.41, 5.74) is 1.66. The van der Waals surface area contributed by atoms with Crippen LogP contribution in [-0.2, 0) is 21.5 Å². The fourth-order valence-corrected chi connectivity index (χ4v) is 4.46. The molecule has 1 fully saturated rings. The lowest BCUT2D eigenvalue weighted by atomic mass is 9.92. The van der Waals surface area contributed by atoms with Gasteiger partial charge in [-0.25, -0.2) is 4.79 Å². The van der Waals surface area contributed by atoms with E-state index in [0.29, 0.717) is 22.7 Å². The highest BCUT2D eigenvalue weighted by Crippen LogP contribution is 2.35. The molecule has 1 aliphatic rings. The minimum Gasteiger partial charge on any atom is -0.324 e. The number of carbonyl (C=O) groups is 3. The molecule has 4 amide bonds.